The highest BCUT2D eigenvalue weighted by atomic mass is 35.5. The summed E-state index contributed by atoms with van der Waals surface area (Å²) in [6.45, 7) is 4.64. The Balaban J connectivity index is 1.64. The predicted molar refractivity (Wildman–Crippen MR) is 137 cm³/mol. The second-order valence-corrected chi connectivity index (χ2v) is 9.32. The van der Waals surface area contributed by atoms with Crippen LogP contribution in [0, 0.1) is 11.3 Å². The van der Waals surface area contributed by atoms with Gasteiger partial charge in [0.25, 0.3) is 11.1 Å². The summed E-state index contributed by atoms with van der Waals surface area (Å²) >= 11 is 12.8. The molecule has 1 fully saturated rings. The fraction of sp³-hybridized carbons (Fsp3) is 0.348. The molecule has 0 atom stereocenters. The number of aromatic amines is 1. The minimum atomic E-state index is -0.936. The van der Waals surface area contributed by atoms with Crippen LogP contribution in [0.2, 0.25) is 10.0 Å². The Morgan fingerprint density at radius 3 is 2.44 bits per heavy atom. The van der Waals surface area contributed by atoms with Crippen LogP contribution in [-0.2, 0) is 16.2 Å². The first kappa shape index (κ1) is 27.8. The Kier molecular flexibility index (Phi) is 8.34. The van der Waals surface area contributed by atoms with Crippen molar-refractivity contribution in [1.82, 2.24) is 29.4 Å². The lowest BCUT2D eigenvalue weighted by molar-refractivity contribution is 0.0153. The molecule has 3 heterocycles. The number of ether oxygens (including phenoxy) is 3. The SMILES string of the molecule is CC(C)c1cc(Oc2c(Cl)cc(-n3nc(C#N)c(=O)[nH]c3=O)cc2Cl)nn(COC(=O)N2CCOCC2)c1=O. The minimum Gasteiger partial charge on any atom is -0.434 e. The molecule has 1 N–H and O–H groups in total. The van der Waals surface area contributed by atoms with E-state index in [0.29, 0.717) is 31.9 Å². The van der Waals surface area contributed by atoms with E-state index in [0.717, 1.165) is 9.36 Å². The minimum absolute atomic E-state index is 0.0472. The zero-order chi connectivity index (χ0) is 28.3. The molecule has 16 heteroatoms. The predicted octanol–water partition coefficient (Wildman–Crippen LogP) is 2.00. The van der Waals surface area contributed by atoms with Crippen molar-refractivity contribution in [3.8, 4) is 23.4 Å². The van der Waals surface area contributed by atoms with Crippen molar-refractivity contribution in [3.05, 3.63) is 70.7 Å². The number of hydrogen-bond donors (Lipinski definition) is 1. The van der Waals surface area contributed by atoms with Gasteiger partial charge in [0.2, 0.25) is 11.6 Å². The Hall–Kier alpha value is -4.19. The third-order valence-corrected chi connectivity index (χ3v) is 6.11. The van der Waals surface area contributed by atoms with Crippen molar-refractivity contribution in [2.75, 3.05) is 26.3 Å². The van der Waals surface area contributed by atoms with Crippen LogP contribution in [0.3, 0.4) is 0 Å². The molecule has 1 aliphatic heterocycles. The highest BCUT2D eigenvalue weighted by Gasteiger charge is 2.21. The summed E-state index contributed by atoms with van der Waals surface area (Å²) in [7, 11) is 0. The summed E-state index contributed by atoms with van der Waals surface area (Å²) in [6, 6.07) is 5.56. The van der Waals surface area contributed by atoms with Gasteiger partial charge in [-0.1, -0.05) is 37.0 Å². The van der Waals surface area contributed by atoms with E-state index in [2.05, 4.69) is 10.2 Å². The van der Waals surface area contributed by atoms with Gasteiger partial charge in [0, 0.05) is 24.7 Å². The summed E-state index contributed by atoms with van der Waals surface area (Å²) in [5.41, 5.74) is -2.48. The number of hydrogen-bond acceptors (Lipinski definition) is 10. The number of carbonyl (C=O) groups excluding carboxylic acids is 1. The summed E-state index contributed by atoms with van der Waals surface area (Å²) in [5, 5.41) is 16.8. The number of halogens is 2. The monoisotopic (exact) mass is 577 g/mol. The number of nitrogens with zero attached hydrogens (tertiary/aromatic N) is 6. The van der Waals surface area contributed by atoms with E-state index < -0.39 is 35.3 Å². The van der Waals surface area contributed by atoms with Crippen molar-refractivity contribution in [2.45, 2.75) is 26.5 Å². The van der Waals surface area contributed by atoms with E-state index in [-0.39, 0.29) is 33.3 Å². The number of carbonyl (C=O) groups is 1. The van der Waals surface area contributed by atoms with Gasteiger partial charge in [-0.15, -0.1) is 10.2 Å². The number of H-pyrrole nitrogens is 1. The second-order valence-electron chi connectivity index (χ2n) is 8.51. The lowest BCUT2D eigenvalue weighted by Gasteiger charge is -2.26. The van der Waals surface area contributed by atoms with E-state index in [1.54, 1.807) is 19.9 Å². The zero-order valence-electron chi connectivity index (χ0n) is 20.6. The second kappa shape index (κ2) is 11.7. The number of morpholine rings is 1. The maximum atomic E-state index is 12.9. The largest absolute Gasteiger partial charge is 0.434 e. The first-order valence-corrected chi connectivity index (χ1v) is 12.3. The van der Waals surface area contributed by atoms with Crippen LogP contribution in [0.1, 0.15) is 31.0 Å². The van der Waals surface area contributed by atoms with Gasteiger partial charge in [0.05, 0.1) is 28.9 Å². The average molecular weight is 578 g/mol. The van der Waals surface area contributed by atoms with Crippen LogP contribution in [0.25, 0.3) is 5.69 Å². The van der Waals surface area contributed by atoms with E-state index in [9.17, 15) is 19.2 Å². The van der Waals surface area contributed by atoms with Crippen LogP contribution in [-0.4, -0.2) is 61.8 Å². The Labute approximate surface area is 229 Å². The molecule has 0 unspecified atom stereocenters. The maximum Gasteiger partial charge on any atom is 0.411 e. The zero-order valence-corrected chi connectivity index (χ0v) is 22.2. The number of amides is 1. The molecule has 0 aliphatic carbocycles. The van der Waals surface area contributed by atoms with Crippen molar-refractivity contribution in [2.24, 2.45) is 0 Å². The smallest absolute Gasteiger partial charge is 0.411 e. The highest BCUT2D eigenvalue weighted by Crippen LogP contribution is 2.37. The van der Waals surface area contributed by atoms with Gasteiger partial charge in [0.15, 0.2) is 12.5 Å². The average Bonchev–Trinajstić information content (AvgIpc) is 2.90. The third-order valence-electron chi connectivity index (χ3n) is 5.55. The van der Waals surface area contributed by atoms with Crippen molar-refractivity contribution >= 4 is 29.3 Å². The van der Waals surface area contributed by atoms with E-state index in [4.69, 9.17) is 42.7 Å². The highest BCUT2D eigenvalue weighted by molar-refractivity contribution is 6.37. The van der Waals surface area contributed by atoms with E-state index >= 15 is 0 Å². The lowest BCUT2D eigenvalue weighted by Crippen LogP contribution is -2.41. The molecular formula is C23H21Cl2N7O7. The molecule has 1 saturated heterocycles. The van der Waals surface area contributed by atoms with Crippen LogP contribution >= 0.6 is 23.2 Å². The fourth-order valence-electron chi connectivity index (χ4n) is 3.56. The number of aromatic nitrogens is 5. The molecule has 1 aromatic carbocycles. The maximum absolute atomic E-state index is 12.9. The Morgan fingerprint density at radius 1 is 1.15 bits per heavy atom. The van der Waals surface area contributed by atoms with E-state index in [1.807, 2.05) is 4.98 Å². The lowest BCUT2D eigenvalue weighted by atomic mass is 10.1. The van der Waals surface area contributed by atoms with Gasteiger partial charge in [-0.2, -0.15) is 14.6 Å². The first-order chi connectivity index (χ1) is 18.6. The normalized spacial score (nSPS) is 13.3. The molecule has 4 rings (SSSR count). The molecule has 0 bridgehead atoms. The van der Waals surface area contributed by atoms with Gasteiger partial charge in [-0.3, -0.25) is 14.6 Å². The number of rotatable bonds is 6. The van der Waals surface area contributed by atoms with Crippen molar-refractivity contribution in [1.29, 1.82) is 5.26 Å². The number of benzene rings is 1. The molecule has 2 aromatic heterocycles. The molecular weight excluding hydrogens is 557 g/mol. The van der Waals surface area contributed by atoms with Crippen LogP contribution < -0.4 is 21.5 Å². The van der Waals surface area contributed by atoms with Crippen molar-refractivity contribution in [3.63, 3.8) is 0 Å². The quantitative estimate of drug-likeness (QED) is 0.456. The van der Waals surface area contributed by atoms with Crippen LogP contribution in [0.5, 0.6) is 11.6 Å². The van der Waals surface area contributed by atoms with Gasteiger partial charge >= 0.3 is 11.8 Å². The summed E-state index contributed by atoms with van der Waals surface area (Å²) < 4.78 is 18.0. The molecule has 0 spiro atoms. The molecule has 0 saturated carbocycles. The Bertz CT molecular complexity index is 1610. The van der Waals surface area contributed by atoms with Gasteiger partial charge in [-0.25, -0.2) is 9.59 Å². The van der Waals surface area contributed by atoms with Gasteiger partial charge in [0.1, 0.15) is 6.07 Å². The molecule has 3 aromatic rings. The molecule has 14 nitrogen and oxygen atoms in total. The fourth-order valence-corrected chi connectivity index (χ4v) is 4.11. The molecule has 1 amide bonds. The topological polar surface area (TPSA) is 174 Å². The standard InChI is InChI=1S/C23H21Cl2N7O7/c1-12(2)14-9-18(29-31(21(14)34)11-38-23(36)30-3-5-37-6-4-30)39-19-15(24)7-13(8-16(19)25)32-22(35)27-20(33)17(10-26)28-32/h7-9,12H,3-6,11H2,1-2H3,(H,27,33,35). The molecule has 39 heavy (non-hydrogen) atoms. The number of nitriles is 1. The van der Waals surface area contributed by atoms with E-state index in [1.165, 1.54) is 23.1 Å². The number of nitrogens with one attached hydrogen (secondary N) is 1. The molecule has 0 radical (unpaired) electrons. The van der Waals surface area contributed by atoms with Crippen molar-refractivity contribution < 1.29 is 19.0 Å². The summed E-state index contributed by atoms with van der Waals surface area (Å²) in [5.74, 6) is -0.356. The summed E-state index contributed by atoms with van der Waals surface area (Å²) in [6.07, 6.45) is -0.614. The Morgan fingerprint density at radius 2 is 1.82 bits per heavy atom. The molecule has 204 valence electrons. The van der Waals surface area contributed by atoms with Gasteiger partial charge < -0.3 is 19.1 Å². The van der Waals surface area contributed by atoms with Crippen LogP contribution in [0.4, 0.5) is 4.79 Å². The summed E-state index contributed by atoms with van der Waals surface area (Å²) in [4.78, 5) is 52.6. The van der Waals surface area contributed by atoms with Crippen LogP contribution in [0.15, 0.2) is 32.6 Å². The first-order valence-electron chi connectivity index (χ1n) is 11.5. The molecule has 1 aliphatic rings. The van der Waals surface area contributed by atoms with Gasteiger partial charge in [-0.05, 0) is 18.1 Å². The third kappa shape index (κ3) is 6.11.